The van der Waals surface area contributed by atoms with Crippen LogP contribution in [0.25, 0.3) is 0 Å². The number of rotatable bonds is 2. The molecule has 76 valence electrons. The van der Waals surface area contributed by atoms with Gasteiger partial charge >= 0.3 is 0 Å². The van der Waals surface area contributed by atoms with Crippen molar-refractivity contribution in [1.82, 2.24) is 0 Å². The van der Waals surface area contributed by atoms with Crippen LogP contribution in [0.2, 0.25) is 0 Å². The molecule has 0 aromatic rings. The number of ether oxygens (including phenoxy) is 2. The second-order valence-electron chi connectivity index (χ2n) is 4.67. The summed E-state index contributed by atoms with van der Waals surface area (Å²) in [5.41, 5.74) is 0.0288. The molecule has 0 saturated carbocycles. The average Bonchev–Trinajstić information content (AvgIpc) is 2.03. The van der Waals surface area contributed by atoms with Gasteiger partial charge in [-0.1, -0.05) is 19.9 Å². The van der Waals surface area contributed by atoms with E-state index in [-0.39, 0.29) is 11.5 Å². The van der Waals surface area contributed by atoms with Gasteiger partial charge in [0.25, 0.3) is 0 Å². The second-order valence-corrected chi connectivity index (χ2v) is 4.67. The molecular weight excluding hydrogens is 164 g/mol. The predicted molar refractivity (Wildman–Crippen MR) is 53.5 cm³/mol. The van der Waals surface area contributed by atoms with Crippen molar-refractivity contribution in [1.29, 1.82) is 0 Å². The number of hydrogen-bond acceptors (Lipinski definition) is 2. The van der Waals surface area contributed by atoms with Crippen molar-refractivity contribution in [3.63, 3.8) is 0 Å². The van der Waals surface area contributed by atoms with Crippen LogP contribution in [0.1, 0.15) is 34.1 Å². The van der Waals surface area contributed by atoms with Crippen LogP contribution in [0.5, 0.6) is 0 Å². The van der Waals surface area contributed by atoms with E-state index in [1.165, 1.54) is 0 Å². The first-order valence-corrected chi connectivity index (χ1v) is 4.83. The summed E-state index contributed by atoms with van der Waals surface area (Å²) in [6, 6.07) is 0. The van der Waals surface area contributed by atoms with E-state index in [0.717, 1.165) is 13.0 Å². The lowest BCUT2D eigenvalue weighted by Gasteiger charge is -2.42. The van der Waals surface area contributed by atoms with Gasteiger partial charge in [0.05, 0.1) is 12.7 Å². The fourth-order valence-electron chi connectivity index (χ4n) is 1.50. The van der Waals surface area contributed by atoms with Crippen LogP contribution in [-0.4, -0.2) is 18.5 Å². The quantitative estimate of drug-likeness (QED) is 0.614. The summed E-state index contributed by atoms with van der Waals surface area (Å²) in [5, 5.41) is 0. The fraction of sp³-hybridized carbons (Fsp3) is 0.818. The van der Waals surface area contributed by atoms with E-state index in [9.17, 15) is 0 Å². The highest BCUT2D eigenvalue weighted by Gasteiger charge is 2.36. The Hall–Kier alpha value is -0.340. The first kappa shape index (κ1) is 10.7. The van der Waals surface area contributed by atoms with Gasteiger partial charge in [-0.25, -0.2) is 0 Å². The molecule has 0 aromatic heterocycles. The molecule has 1 aliphatic heterocycles. The van der Waals surface area contributed by atoms with Crippen LogP contribution in [0.3, 0.4) is 0 Å². The molecule has 13 heavy (non-hydrogen) atoms. The maximum absolute atomic E-state index is 5.84. The monoisotopic (exact) mass is 184 g/mol. The minimum absolute atomic E-state index is 0.0288. The third-order valence-corrected chi connectivity index (χ3v) is 2.61. The van der Waals surface area contributed by atoms with Gasteiger partial charge in [0.15, 0.2) is 5.79 Å². The third-order valence-electron chi connectivity index (χ3n) is 2.61. The van der Waals surface area contributed by atoms with Gasteiger partial charge < -0.3 is 9.47 Å². The van der Waals surface area contributed by atoms with Crippen LogP contribution in [0.15, 0.2) is 12.7 Å². The topological polar surface area (TPSA) is 18.5 Å². The molecule has 0 spiro atoms. The summed E-state index contributed by atoms with van der Waals surface area (Å²) in [5.74, 6) is -0.441. The highest BCUT2D eigenvalue weighted by atomic mass is 16.7. The summed E-state index contributed by atoms with van der Waals surface area (Å²) in [4.78, 5) is 0. The molecule has 1 heterocycles. The molecule has 1 aliphatic rings. The van der Waals surface area contributed by atoms with Crippen LogP contribution in [0.4, 0.5) is 0 Å². The zero-order valence-corrected chi connectivity index (χ0v) is 9.09. The minimum atomic E-state index is -0.441. The Balaban J connectivity index is 2.67. The van der Waals surface area contributed by atoms with E-state index >= 15 is 0 Å². The molecule has 0 aromatic carbocycles. The molecule has 2 nitrogen and oxygen atoms in total. The highest BCUT2D eigenvalue weighted by Crippen LogP contribution is 2.34. The Morgan fingerprint density at radius 3 is 2.54 bits per heavy atom. The van der Waals surface area contributed by atoms with Gasteiger partial charge in [-0.05, 0) is 20.3 Å². The van der Waals surface area contributed by atoms with Crippen molar-refractivity contribution >= 4 is 0 Å². The van der Waals surface area contributed by atoms with E-state index in [1.54, 1.807) is 0 Å². The largest absolute Gasteiger partial charge is 0.350 e. The van der Waals surface area contributed by atoms with Crippen molar-refractivity contribution in [3.8, 4) is 0 Å². The lowest BCUT2D eigenvalue weighted by Crippen LogP contribution is -2.45. The summed E-state index contributed by atoms with van der Waals surface area (Å²) in [6.07, 6.45) is 3.12. The maximum Gasteiger partial charge on any atom is 0.163 e. The standard InChI is InChI=1S/C11H20O2/c1-6-10(2,3)9-7-8-12-11(4,5)13-9/h6,9H,1,7-8H2,2-5H3. The normalized spacial score (nSPS) is 28.5. The second kappa shape index (κ2) is 3.43. The van der Waals surface area contributed by atoms with Crippen molar-refractivity contribution in [3.05, 3.63) is 12.7 Å². The lowest BCUT2D eigenvalue weighted by atomic mass is 9.84. The zero-order chi connectivity index (χ0) is 10.1. The zero-order valence-electron chi connectivity index (χ0n) is 9.09. The predicted octanol–water partition coefficient (Wildman–Crippen LogP) is 2.74. The van der Waals surface area contributed by atoms with E-state index in [4.69, 9.17) is 9.47 Å². The molecule has 0 aliphatic carbocycles. The van der Waals surface area contributed by atoms with Crippen LogP contribution < -0.4 is 0 Å². The third kappa shape index (κ3) is 2.55. The summed E-state index contributed by atoms with van der Waals surface area (Å²) >= 11 is 0. The van der Waals surface area contributed by atoms with E-state index in [0.29, 0.717) is 0 Å². The SMILES string of the molecule is C=CC(C)(C)C1CCOC(C)(C)O1. The molecule has 1 atom stereocenters. The molecule has 1 rings (SSSR count). The molecule has 2 heteroatoms. The Bertz CT molecular complexity index is 194. The first-order chi connectivity index (χ1) is 5.87. The Morgan fingerprint density at radius 2 is 2.08 bits per heavy atom. The van der Waals surface area contributed by atoms with Gasteiger partial charge in [-0.15, -0.1) is 6.58 Å². The smallest absolute Gasteiger partial charge is 0.163 e. The maximum atomic E-state index is 5.84. The summed E-state index contributed by atoms with van der Waals surface area (Å²) in [7, 11) is 0. The van der Waals surface area contributed by atoms with E-state index in [2.05, 4.69) is 20.4 Å². The van der Waals surface area contributed by atoms with Crippen molar-refractivity contribution in [2.75, 3.05) is 6.61 Å². The van der Waals surface area contributed by atoms with Crippen LogP contribution in [0, 0.1) is 5.41 Å². The first-order valence-electron chi connectivity index (χ1n) is 4.83. The van der Waals surface area contributed by atoms with Crippen molar-refractivity contribution in [2.45, 2.75) is 46.0 Å². The molecule has 1 saturated heterocycles. The molecule has 0 radical (unpaired) electrons. The van der Waals surface area contributed by atoms with Gasteiger partial charge in [0, 0.05) is 5.41 Å². The molecule has 1 fully saturated rings. The fourth-order valence-corrected chi connectivity index (χ4v) is 1.50. The summed E-state index contributed by atoms with van der Waals surface area (Å²) in [6.45, 7) is 12.8. The minimum Gasteiger partial charge on any atom is -0.350 e. The molecule has 0 amide bonds. The Labute approximate surface area is 80.9 Å². The lowest BCUT2D eigenvalue weighted by molar-refractivity contribution is -0.287. The molecule has 0 bridgehead atoms. The molecular formula is C11H20O2. The van der Waals surface area contributed by atoms with E-state index in [1.807, 2.05) is 19.9 Å². The summed E-state index contributed by atoms with van der Waals surface area (Å²) < 4.78 is 11.3. The number of hydrogen-bond donors (Lipinski definition) is 0. The molecule has 1 unspecified atom stereocenters. The van der Waals surface area contributed by atoms with Crippen molar-refractivity contribution < 1.29 is 9.47 Å². The van der Waals surface area contributed by atoms with Gasteiger partial charge in [-0.3, -0.25) is 0 Å². The van der Waals surface area contributed by atoms with Crippen LogP contribution >= 0.6 is 0 Å². The van der Waals surface area contributed by atoms with Gasteiger partial charge in [-0.2, -0.15) is 0 Å². The van der Waals surface area contributed by atoms with E-state index < -0.39 is 5.79 Å². The van der Waals surface area contributed by atoms with Crippen molar-refractivity contribution in [2.24, 2.45) is 5.41 Å². The average molecular weight is 184 g/mol. The van der Waals surface area contributed by atoms with Gasteiger partial charge in [0.2, 0.25) is 0 Å². The molecule has 0 N–H and O–H groups in total. The van der Waals surface area contributed by atoms with Crippen LogP contribution in [-0.2, 0) is 9.47 Å². The Kier molecular flexibility index (Phi) is 2.83. The Morgan fingerprint density at radius 1 is 1.46 bits per heavy atom. The van der Waals surface area contributed by atoms with Gasteiger partial charge in [0.1, 0.15) is 0 Å². The highest BCUT2D eigenvalue weighted by molar-refractivity contribution is 4.95.